The Balaban J connectivity index is 2.30. The van der Waals surface area contributed by atoms with E-state index in [0.29, 0.717) is 12.3 Å². The molecule has 106 valence electrons. The molecule has 1 heterocycles. The number of rotatable bonds is 4. The lowest BCUT2D eigenvalue weighted by Gasteiger charge is -2.12. The fourth-order valence-corrected chi connectivity index (χ4v) is 1.84. The minimum atomic E-state index is -0.546. The highest BCUT2D eigenvalue weighted by atomic mass is 16.5. The first-order valence-electron chi connectivity index (χ1n) is 5.99. The molecule has 0 aliphatic rings. The molecular weight excluding hydrogens is 260 g/mol. The summed E-state index contributed by atoms with van der Waals surface area (Å²) in [6, 6.07) is 7.42. The van der Waals surface area contributed by atoms with E-state index in [1.54, 1.807) is 7.11 Å². The number of aromatic nitrogens is 2. The van der Waals surface area contributed by atoms with Gasteiger partial charge in [0.1, 0.15) is 17.3 Å². The van der Waals surface area contributed by atoms with Gasteiger partial charge in [-0.15, -0.1) is 0 Å². The fraction of sp³-hybridized carbons (Fsp3) is 0.231. The lowest BCUT2D eigenvalue weighted by Crippen LogP contribution is -2.32. The van der Waals surface area contributed by atoms with Crippen molar-refractivity contribution in [3.63, 3.8) is 0 Å². The third-order valence-electron chi connectivity index (χ3n) is 3.02. The number of para-hydroxylation sites is 1. The van der Waals surface area contributed by atoms with Crippen LogP contribution in [0.25, 0.3) is 0 Å². The Morgan fingerprint density at radius 2 is 2.05 bits per heavy atom. The van der Waals surface area contributed by atoms with E-state index >= 15 is 0 Å². The Bertz CT molecular complexity index is 733. The van der Waals surface area contributed by atoms with Gasteiger partial charge in [0.15, 0.2) is 0 Å². The number of ether oxygens (including phenoxy) is 1. The molecule has 0 fully saturated rings. The molecule has 0 spiro atoms. The normalized spacial score (nSPS) is 10.3. The van der Waals surface area contributed by atoms with Gasteiger partial charge >= 0.3 is 5.69 Å². The molecule has 0 bridgehead atoms. The Morgan fingerprint density at radius 1 is 1.35 bits per heavy atom. The third kappa shape index (κ3) is 2.51. The van der Waals surface area contributed by atoms with Crippen molar-refractivity contribution in [1.82, 2.24) is 9.55 Å². The van der Waals surface area contributed by atoms with Gasteiger partial charge in [0.25, 0.3) is 5.56 Å². The van der Waals surface area contributed by atoms with Gasteiger partial charge in [-0.3, -0.25) is 14.3 Å². The van der Waals surface area contributed by atoms with Crippen molar-refractivity contribution in [2.75, 3.05) is 18.2 Å². The number of aromatic amines is 1. The Labute approximate surface area is 115 Å². The van der Waals surface area contributed by atoms with Gasteiger partial charge in [0.05, 0.1) is 7.11 Å². The summed E-state index contributed by atoms with van der Waals surface area (Å²) < 4.78 is 6.40. The smallest absolute Gasteiger partial charge is 0.329 e. The number of nitrogens with zero attached hydrogens (tertiary/aromatic N) is 1. The summed E-state index contributed by atoms with van der Waals surface area (Å²) in [7, 11) is 3.06. The predicted octanol–water partition coefficient (Wildman–Crippen LogP) is 0.276. The molecule has 1 aromatic heterocycles. The molecular formula is C13H16N4O3. The van der Waals surface area contributed by atoms with Crippen LogP contribution in [0.15, 0.2) is 33.9 Å². The lowest BCUT2D eigenvalue weighted by atomic mass is 10.2. The first kappa shape index (κ1) is 13.7. The van der Waals surface area contributed by atoms with Gasteiger partial charge < -0.3 is 15.8 Å². The number of anilines is 2. The second-order valence-corrected chi connectivity index (χ2v) is 4.24. The van der Waals surface area contributed by atoms with E-state index in [2.05, 4.69) is 10.3 Å². The average molecular weight is 276 g/mol. The molecule has 20 heavy (non-hydrogen) atoms. The maximum absolute atomic E-state index is 11.7. The van der Waals surface area contributed by atoms with E-state index in [4.69, 9.17) is 10.5 Å². The van der Waals surface area contributed by atoms with Crippen LogP contribution >= 0.6 is 0 Å². The van der Waals surface area contributed by atoms with E-state index in [0.717, 1.165) is 5.56 Å². The average Bonchev–Trinajstić information content (AvgIpc) is 2.45. The van der Waals surface area contributed by atoms with E-state index < -0.39 is 11.2 Å². The van der Waals surface area contributed by atoms with Crippen LogP contribution in [0.1, 0.15) is 5.56 Å². The molecule has 0 aliphatic carbocycles. The maximum atomic E-state index is 11.7. The van der Waals surface area contributed by atoms with Crippen LogP contribution in [-0.2, 0) is 13.6 Å². The van der Waals surface area contributed by atoms with Crippen molar-refractivity contribution in [3.05, 3.63) is 50.7 Å². The summed E-state index contributed by atoms with van der Waals surface area (Å²) in [6.45, 7) is 0.357. The molecule has 0 atom stereocenters. The highest BCUT2D eigenvalue weighted by Crippen LogP contribution is 2.19. The van der Waals surface area contributed by atoms with Crippen LogP contribution in [0.3, 0.4) is 0 Å². The molecule has 0 saturated carbocycles. The Morgan fingerprint density at radius 3 is 2.75 bits per heavy atom. The molecule has 0 aliphatic heterocycles. The first-order valence-corrected chi connectivity index (χ1v) is 5.99. The van der Waals surface area contributed by atoms with Crippen LogP contribution in [0, 0.1) is 0 Å². The number of methoxy groups -OCH3 is 1. The predicted molar refractivity (Wildman–Crippen MR) is 77.0 cm³/mol. The van der Waals surface area contributed by atoms with Crippen molar-refractivity contribution >= 4 is 11.5 Å². The van der Waals surface area contributed by atoms with E-state index in [1.807, 2.05) is 24.3 Å². The zero-order valence-electron chi connectivity index (χ0n) is 11.3. The number of benzene rings is 1. The second-order valence-electron chi connectivity index (χ2n) is 4.24. The summed E-state index contributed by atoms with van der Waals surface area (Å²) in [5.41, 5.74) is 5.72. The van der Waals surface area contributed by atoms with E-state index in [9.17, 15) is 9.59 Å². The molecule has 1 aromatic carbocycles. The number of nitrogens with one attached hydrogen (secondary N) is 2. The molecule has 7 nitrogen and oxygen atoms in total. The van der Waals surface area contributed by atoms with E-state index in [-0.39, 0.29) is 11.5 Å². The third-order valence-corrected chi connectivity index (χ3v) is 3.02. The number of nitrogens with two attached hydrogens (primary N) is 1. The second kappa shape index (κ2) is 5.52. The molecule has 4 N–H and O–H groups in total. The van der Waals surface area contributed by atoms with Gasteiger partial charge in [-0.25, -0.2) is 4.79 Å². The number of hydrogen-bond donors (Lipinski definition) is 3. The zero-order valence-corrected chi connectivity index (χ0v) is 11.3. The fourth-order valence-electron chi connectivity index (χ4n) is 1.84. The van der Waals surface area contributed by atoms with Crippen LogP contribution in [0.2, 0.25) is 0 Å². The highest BCUT2D eigenvalue weighted by molar-refractivity contribution is 5.60. The van der Waals surface area contributed by atoms with Gasteiger partial charge in [0.2, 0.25) is 0 Å². The molecule has 0 amide bonds. The summed E-state index contributed by atoms with van der Waals surface area (Å²) in [5.74, 6) is 0.800. The van der Waals surface area contributed by atoms with Crippen LogP contribution in [-0.4, -0.2) is 16.7 Å². The molecule has 7 heteroatoms. The van der Waals surface area contributed by atoms with Crippen molar-refractivity contribution in [1.29, 1.82) is 0 Å². The highest BCUT2D eigenvalue weighted by Gasteiger charge is 2.10. The number of nitrogen functional groups attached to an aromatic ring is 1. The van der Waals surface area contributed by atoms with Crippen LogP contribution < -0.4 is 27.0 Å². The summed E-state index contributed by atoms with van der Waals surface area (Å²) in [5, 5.41) is 2.93. The van der Waals surface area contributed by atoms with Crippen molar-refractivity contribution in [2.45, 2.75) is 6.54 Å². The van der Waals surface area contributed by atoms with Crippen molar-refractivity contribution in [3.8, 4) is 5.75 Å². The van der Waals surface area contributed by atoms with Crippen molar-refractivity contribution in [2.24, 2.45) is 7.05 Å². The summed E-state index contributed by atoms with van der Waals surface area (Å²) >= 11 is 0. The first-order chi connectivity index (χ1) is 9.54. The standard InChI is InChI=1S/C13H16N4O3/c1-17-11(14)10(12(18)16-13(17)19)15-7-8-5-3-4-6-9(8)20-2/h3-6,15H,7,14H2,1-2H3,(H,16,18,19). The van der Waals surface area contributed by atoms with Crippen LogP contribution in [0.5, 0.6) is 5.75 Å². The minimum Gasteiger partial charge on any atom is -0.496 e. The van der Waals surface area contributed by atoms with Gasteiger partial charge in [0, 0.05) is 19.2 Å². The maximum Gasteiger partial charge on any atom is 0.329 e. The minimum absolute atomic E-state index is 0.0913. The molecule has 0 unspecified atom stereocenters. The van der Waals surface area contributed by atoms with E-state index in [1.165, 1.54) is 11.6 Å². The van der Waals surface area contributed by atoms with Crippen molar-refractivity contribution < 1.29 is 4.74 Å². The lowest BCUT2D eigenvalue weighted by molar-refractivity contribution is 0.410. The van der Waals surface area contributed by atoms with Crippen LogP contribution in [0.4, 0.5) is 11.5 Å². The monoisotopic (exact) mass is 276 g/mol. The molecule has 0 radical (unpaired) electrons. The zero-order chi connectivity index (χ0) is 14.7. The topological polar surface area (TPSA) is 102 Å². The number of H-pyrrole nitrogens is 1. The molecule has 2 rings (SSSR count). The molecule has 2 aromatic rings. The Kier molecular flexibility index (Phi) is 3.79. The van der Waals surface area contributed by atoms with Gasteiger partial charge in [-0.1, -0.05) is 18.2 Å². The largest absolute Gasteiger partial charge is 0.496 e. The summed E-state index contributed by atoms with van der Waals surface area (Å²) in [4.78, 5) is 25.3. The summed E-state index contributed by atoms with van der Waals surface area (Å²) in [6.07, 6.45) is 0. The van der Waals surface area contributed by atoms with Gasteiger partial charge in [-0.2, -0.15) is 0 Å². The number of hydrogen-bond acceptors (Lipinski definition) is 5. The quantitative estimate of drug-likeness (QED) is 0.744. The Hall–Kier alpha value is -2.70. The SMILES string of the molecule is COc1ccccc1CNc1c(N)n(C)c(=O)[nH]c1=O. The van der Waals surface area contributed by atoms with Gasteiger partial charge in [-0.05, 0) is 6.07 Å². The molecule has 0 saturated heterocycles.